The molecule has 1 aromatic carbocycles. The highest BCUT2D eigenvalue weighted by Crippen LogP contribution is 2.34. The molecular weight excluding hydrogens is 323 g/mol. The van der Waals surface area contributed by atoms with Gasteiger partial charge in [0.05, 0.1) is 5.75 Å². The molecule has 1 amide bonds. The summed E-state index contributed by atoms with van der Waals surface area (Å²) in [6, 6.07) is 8.97. The summed E-state index contributed by atoms with van der Waals surface area (Å²) in [5.74, 6) is -0.229. The minimum Gasteiger partial charge on any atom is -0.315 e. The lowest BCUT2D eigenvalue weighted by Gasteiger charge is -2.16. The second-order valence-corrected chi connectivity index (χ2v) is 6.15. The van der Waals surface area contributed by atoms with Crippen LogP contribution in [0.4, 0.5) is 18.9 Å². The minimum absolute atomic E-state index is 0.00210. The second kappa shape index (κ2) is 6.44. The van der Waals surface area contributed by atoms with Crippen molar-refractivity contribution in [3.63, 3.8) is 0 Å². The van der Waals surface area contributed by atoms with Crippen molar-refractivity contribution in [3.8, 4) is 0 Å². The number of alkyl halides is 3. The maximum Gasteiger partial charge on any atom is 0.445 e. The Hall–Kier alpha value is -1.61. The van der Waals surface area contributed by atoms with Gasteiger partial charge in [-0.2, -0.15) is 13.2 Å². The van der Waals surface area contributed by atoms with Crippen LogP contribution in [0.25, 0.3) is 0 Å². The molecule has 9 heteroatoms. The number of carbonyl (C=O) groups is 1. The van der Waals surface area contributed by atoms with E-state index in [4.69, 9.17) is 0 Å². The molecule has 21 heavy (non-hydrogen) atoms. The first-order chi connectivity index (χ1) is 9.88. The molecule has 0 atom stereocenters. The van der Waals surface area contributed by atoms with Crippen molar-refractivity contribution in [3.05, 3.63) is 35.3 Å². The average Bonchev–Trinajstić information content (AvgIpc) is 2.94. The quantitative estimate of drug-likeness (QED) is 0.806. The summed E-state index contributed by atoms with van der Waals surface area (Å²) in [4.78, 5) is 13.4. The summed E-state index contributed by atoms with van der Waals surface area (Å²) in [6.45, 7) is 0. The Morgan fingerprint density at radius 3 is 2.52 bits per heavy atom. The fourth-order valence-electron chi connectivity index (χ4n) is 1.40. The fraction of sp³-hybridized carbons (Fsp3) is 0.250. The summed E-state index contributed by atoms with van der Waals surface area (Å²) in [5, 5.41) is 5.49. The van der Waals surface area contributed by atoms with E-state index in [1.807, 2.05) is 6.07 Å². The van der Waals surface area contributed by atoms with Gasteiger partial charge in [0.15, 0.2) is 4.34 Å². The van der Waals surface area contributed by atoms with Crippen LogP contribution >= 0.6 is 23.1 Å². The van der Waals surface area contributed by atoms with Gasteiger partial charge in [0, 0.05) is 12.7 Å². The van der Waals surface area contributed by atoms with Crippen LogP contribution in [0.15, 0.2) is 34.7 Å². The molecule has 1 aromatic heterocycles. The molecule has 1 heterocycles. The fourth-order valence-corrected chi connectivity index (χ4v) is 3.03. The number of hydrogen-bond donors (Lipinski definition) is 0. The Morgan fingerprint density at radius 2 is 1.95 bits per heavy atom. The van der Waals surface area contributed by atoms with Gasteiger partial charge in [0.1, 0.15) is 0 Å². The molecule has 0 saturated heterocycles. The standard InChI is InChI=1S/C12H10F3N3OS2/c1-18(8-5-3-2-4-6-8)9(19)7-20-11-17-16-10(21-11)12(13,14)15/h2-6H,7H2,1H3. The molecule has 4 nitrogen and oxygen atoms in total. The van der Waals surface area contributed by atoms with Crippen LogP contribution in [0.1, 0.15) is 5.01 Å². The number of amides is 1. The molecule has 0 spiro atoms. The van der Waals surface area contributed by atoms with Crippen LogP contribution in [0, 0.1) is 0 Å². The third kappa shape index (κ3) is 4.18. The Morgan fingerprint density at radius 1 is 1.29 bits per heavy atom. The maximum absolute atomic E-state index is 12.4. The Kier molecular flexibility index (Phi) is 4.84. The van der Waals surface area contributed by atoms with E-state index in [1.54, 1.807) is 31.3 Å². The predicted molar refractivity (Wildman–Crippen MR) is 75.5 cm³/mol. The van der Waals surface area contributed by atoms with E-state index in [9.17, 15) is 18.0 Å². The first-order valence-corrected chi connectivity index (χ1v) is 7.53. The van der Waals surface area contributed by atoms with E-state index in [1.165, 1.54) is 4.90 Å². The van der Waals surface area contributed by atoms with E-state index in [0.717, 1.165) is 17.4 Å². The third-order valence-corrected chi connectivity index (χ3v) is 4.57. The van der Waals surface area contributed by atoms with Crippen molar-refractivity contribution >= 4 is 34.7 Å². The molecule has 112 valence electrons. The number of carbonyl (C=O) groups excluding carboxylic acids is 1. The molecule has 0 aliphatic rings. The number of anilines is 1. The largest absolute Gasteiger partial charge is 0.445 e. The van der Waals surface area contributed by atoms with E-state index >= 15 is 0 Å². The molecule has 0 bridgehead atoms. The van der Waals surface area contributed by atoms with Crippen molar-refractivity contribution in [2.75, 3.05) is 17.7 Å². The van der Waals surface area contributed by atoms with Crippen LogP contribution in [-0.4, -0.2) is 28.9 Å². The molecule has 2 rings (SSSR count). The highest BCUT2D eigenvalue weighted by Gasteiger charge is 2.35. The number of rotatable bonds is 4. The van der Waals surface area contributed by atoms with E-state index in [2.05, 4.69) is 10.2 Å². The summed E-state index contributed by atoms with van der Waals surface area (Å²) < 4.78 is 37.2. The van der Waals surface area contributed by atoms with Crippen LogP contribution in [0.3, 0.4) is 0 Å². The van der Waals surface area contributed by atoms with Gasteiger partial charge < -0.3 is 4.90 Å². The lowest BCUT2D eigenvalue weighted by molar-refractivity contribution is -0.138. The first kappa shape index (κ1) is 15.8. The van der Waals surface area contributed by atoms with Gasteiger partial charge in [0.25, 0.3) is 0 Å². The second-order valence-electron chi connectivity index (χ2n) is 3.95. The van der Waals surface area contributed by atoms with Crippen LogP contribution < -0.4 is 4.90 Å². The number of hydrogen-bond acceptors (Lipinski definition) is 5. The van der Waals surface area contributed by atoms with Crippen molar-refractivity contribution in [1.29, 1.82) is 0 Å². The van der Waals surface area contributed by atoms with Gasteiger partial charge in [0.2, 0.25) is 10.9 Å². The zero-order valence-electron chi connectivity index (χ0n) is 10.8. The number of halogens is 3. The van der Waals surface area contributed by atoms with Crippen LogP contribution in [0.5, 0.6) is 0 Å². The summed E-state index contributed by atoms with van der Waals surface area (Å²) >= 11 is 1.38. The van der Waals surface area contributed by atoms with E-state index < -0.39 is 11.2 Å². The summed E-state index contributed by atoms with van der Waals surface area (Å²) in [5.41, 5.74) is 0.719. The molecular formula is C12H10F3N3OS2. The summed E-state index contributed by atoms with van der Waals surface area (Å²) in [6.07, 6.45) is -4.50. The topological polar surface area (TPSA) is 46.1 Å². The van der Waals surface area contributed by atoms with Crippen molar-refractivity contribution in [2.24, 2.45) is 0 Å². The highest BCUT2D eigenvalue weighted by atomic mass is 32.2. The number of nitrogens with zero attached hydrogens (tertiary/aromatic N) is 3. The third-order valence-electron chi connectivity index (χ3n) is 2.49. The molecule has 0 N–H and O–H groups in total. The average molecular weight is 333 g/mol. The lowest BCUT2D eigenvalue weighted by atomic mass is 10.3. The molecule has 0 unspecified atom stereocenters. The normalized spacial score (nSPS) is 11.4. The summed E-state index contributed by atoms with van der Waals surface area (Å²) in [7, 11) is 1.61. The number of para-hydroxylation sites is 1. The van der Waals surface area contributed by atoms with Gasteiger partial charge in [-0.25, -0.2) is 0 Å². The smallest absolute Gasteiger partial charge is 0.315 e. The number of aromatic nitrogens is 2. The van der Waals surface area contributed by atoms with E-state index in [-0.39, 0.29) is 16.0 Å². The lowest BCUT2D eigenvalue weighted by Crippen LogP contribution is -2.27. The Bertz CT molecular complexity index is 616. The van der Waals surface area contributed by atoms with Crippen LogP contribution in [-0.2, 0) is 11.0 Å². The van der Waals surface area contributed by atoms with Crippen molar-refractivity contribution < 1.29 is 18.0 Å². The minimum atomic E-state index is -4.50. The molecule has 0 aliphatic carbocycles. The Balaban J connectivity index is 1.94. The zero-order valence-corrected chi connectivity index (χ0v) is 12.4. The number of thioether (sulfide) groups is 1. The van der Waals surface area contributed by atoms with Crippen LogP contribution in [0.2, 0.25) is 0 Å². The SMILES string of the molecule is CN(C(=O)CSc1nnc(C(F)(F)F)s1)c1ccccc1. The van der Waals surface area contributed by atoms with Crippen molar-refractivity contribution in [1.82, 2.24) is 10.2 Å². The molecule has 2 aromatic rings. The Labute approximate surface area is 127 Å². The van der Waals surface area contributed by atoms with Crippen molar-refractivity contribution in [2.45, 2.75) is 10.5 Å². The van der Waals surface area contributed by atoms with Gasteiger partial charge >= 0.3 is 6.18 Å². The molecule has 0 radical (unpaired) electrons. The van der Waals surface area contributed by atoms with Gasteiger partial charge in [-0.3, -0.25) is 4.79 Å². The van der Waals surface area contributed by atoms with Gasteiger partial charge in [-0.15, -0.1) is 10.2 Å². The van der Waals surface area contributed by atoms with Gasteiger partial charge in [-0.1, -0.05) is 41.3 Å². The molecule has 0 saturated carbocycles. The first-order valence-electron chi connectivity index (χ1n) is 5.73. The number of benzene rings is 1. The van der Waals surface area contributed by atoms with Gasteiger partial charge in [-0.05, 0) is 12.1 Å². The molecule has 0 aliphatic heterocycles. The molecule has 0 fully saturated rings. The zero-order chi connectivity index (χ0) is 15.5. The van der Waals surface area contributed by atoms with E-state index in [0.29, 0.717) is 11.3 Å². The maximum atomic E-state index is 12.4. The highest BCUT2D eigenvalue weighted by molar-refractivity contribution is 8.01. The monoisotopic (exact) mass is 333 g/mol. The predicted octanol–water partition coefficient (Wildman–Crippen LogP) is 3.31.